The van der Waals surface area contributed by atoms with Gasteiger partial charge >= 0.3 is 0 Å². The van der Waals surface area contributed by atoms with Crippen molar-refractivity contribution >= 4 is 16.8 Å². The summed E-state index contributed by atoms with van der Waals surface area (Å²) >= 11 is 0. The Morgan fingerprint density at radius 2 is 2.17 bits per heavy atom. The summed E-state index contributed by atoms with van der Waals surface area (Å²) in [7, 11) is 0. The minimum absolute atomic E-state index is 0.153. The highest BCUT2D eigenvalue weighted by molar-refractivity contribution is 5.80. The largest absolute Gasteiger partial charge is 0.352 e. The first-order valence-electron chi connectivity index (χ1n) is 8.63. The van der Waals surface area contributed by atoms with Gasteiger partial charge in [0.15, 0.2) is 0 Å². The Balaban J connectivity index is 1.36. The van der Waals surface area contributed by atoms with Crippen LogP contribution in [0.15, 0.2) is 24.4 Å². The first-order valence-corrected chi connectivity index (χ1v) is 8.63. The molecule has 5 nitrogen and oxygen atoms in total. The van der Waals surface area contributed by atoms with Crippen molar-refractivity contribution in [3.8, 4) is 0 Å². The van der Waals surface area contributed by atoms with Gasteiger partial charge in [-0.3, -0.25) is 9.48 Å². The van der Waals surface area contributed by atoms with Crippen molar-refractivity contribution in [2.24, 2.45) is 5.92 Å². The number of nitrogens with one attached hydrogen (secondary N) is 1. The molecule has 5 heteroatoms. The molecule has 2 bridgehead atoms. The molecule has 3 aliphatic heterocycles. The van der Waals surface area contributed by atoms with Gasteiger partial charge in [0.05, 0.1) is 18.3 Å². The van der Waals surface area contributed by atoms with Crippen LogP contribution in [-0.2, 0) is 11.3 Å². The Labute approximate surface area is 136 Å². The Kier molecular flexibility index (Phi) is 3.81. The van der Waals surface area contributed by atoms with Crippen LogP contribution in [0.25, 0.3) is 10.9 Å². The van der Waals surface area contributed by atoms with Crippen molar-refractivity contribution in [3.05, 3.63) is 30.0 Å². The molecular formula is C18H24N4O. The molecule has 1 amide bonds. The number of fused-ring (bicyclic) bond motifs is 4. The SMILES string of the molecule is Cc1ccc2cnn(CCC(=O)NC3CN4CCC3CC4)c2c1. The van der Waals surface area contributed by atoms with E-state index in [2.05, 4.69) is 40.4 Å². The molecule has 23 heavy (non-hydrogen) atoms. The second-order valence-electron chi connectivity index (χ2n) is 6.99. The van der Waals surface area contributed by atoms with E-state index in [0.717, 1.165) is 17.4 Å². The van der Waals surface area contributed by atoms with E-state index in [1.165, 1.54) is 31.5 Å². The van der Waals surface area contributed by atoms with Crippen molar-refractivity contribution in [3.63, 3.8) is 0 Å². The quantitative estimate of drug-likeness (QED) is 0.939. The summed E-state index contributed by atoms with van der Waals surface area (Å²) in [6.45, 7) is 6.16. The van der Waals surface area contributed by atoms with Gasteiger partial charge in [-0.15, -0.1) is 0 Å². The number of aryl methyl sites for hydroxylation is 2. The zero-order chi connectivity index (χ0) is 15.8. The monoisotopic (exact) mass is 312 g/mol. The molecule has 1 aromatic carbocycles. The summed E-state index contributed by atoms with van der Waals surface area (Å²) in [5, 5.41) is 8.81. The van der Waals surface area contributed by atoms with E-state index in [-0.39, 0.29) is 5.91 Å². The highest BCUT2D eigenvalue weighted by Crippen LogP contribution is 2.27. The summed E-state index contributed by atoms with van der Waals surface area (Å²) in [5.41, 5.74) is 2.33. The minimum Gasteiger partial charge on any atom is -0.352 e. The zero-order valence-corrected chi connectivity index (χ0v) is 13.7. The smallest absolute Gasteiger partial charge is 0.222 e. The van der Waals surface area contributed by atoms with Crippen LogP contribution >= 0.6 is 0 Å². The van der Waals surface area contributed by atoms with E-state index in [9.17, 15) is 4.79 Å². The van der Waals surface area contributed by atoms with Gasteiger partial charge in [0.2, 0.25) is 5.91 Å². The lowest BCUT2D eigenvalue weighted by Crippen LogP contribution is -2.57. The maximum absolute atomic E-state index is 12.3. The lowest BCUT2D eigenvalue weighted by Gasteiger charge is -2.44. The maximum Gasteiger partial charge on any atom is 0.222 e. The van der Waals surface area contributed by atoms with Crippen LogP contribution in [-0.4, -0.2) is 46.3 Å². The summed E-state index contributed by atoms with van der Waals surface area (Å²) in [5.74, 6) is 0.831. The van der Waals surface area contributed by atoms with Crippen LogP contribution in [0.1, 0.15) is 24.8 Å². The van der Waals surface area contributed by atoms with Crippen molar-refractivity contribution < 1.29 is 4.79 Å². The van der Waals surface area contributed by atoms with Crippen molar-refractivity contribution in [1.29, 1.82) is 0 Å². The molecule has 122 valence electrons. The summed E-state index contributed by atoms with van der Waals surface area (Å²) in [6, 6.07) is 6.66. The van der Waals surface area contributed by atoms with E-state index >= 15 is 0 Å². The van der Waals surface area contributed by atoms with Crippen LogP contribution in [0.4, 0.5) is 0 Å². The highest BCUT2D eigenvalue weighted by Gasteiger charge is 2.34. The fraction of sp³-hybridized carbons (Fsp3) is 0.556. The molecular weight excluding hydrogens is 288 g/mol. The van der Waals surface area contributed by atoms with Gasteiger partial charge in [-0.25, -0.2) is 0 Å². The van der Waals surface area contributed by atoms with Crippen LogP contribution in [0, 0.1) is 12.8 Å². The fourth-order valence-electron chi connectivity index (χ4n) is 3.97. The summed E-state index contributed by atoms with van der Waals surface area (Å²) < 4.78 is 1.94. The van der Waals surface area contributed by atoms with E-state index in [4.69, 9.17) is 0 Å². The van der Waals surface area contributed by atoms with Crippen molar-refractivity contribution in [2.45, 2.75) is 38.8 Å². The van der Waals surface area contributed by atoms with Crippen LogP contribution in [0.5, 0.6) is 0 Å². The number of carbonyl (C=O) groups excluding carboxylic acids is 1. The average Bonchev–Trinajstić information content (AvgIpc) is 2.96. The number of amides is 1. The Morgan fingerprint density at radius 3 is 2.91 bits per heavy atom. The number of rotatable bonds is 4. The number of aromatic nitrogens is 2. The maximum atomic E-state index is 12.3. The third-order valence-electron chi connectivity index (χ3n) is 5.35. The van der Waals surface area contributed by atoms with E-state index in [1.54, 1.807) is 0 Å². The number of hydrogen-bond donors (Lipinski definition) is 1. The fourth-order valence-corrected chi connectivity index (χ4v) is 3.97. The Morgan fingerprint density at radius 1 is 1.35 bits per heavy atom. The third-order valence-corrected chi connectivity index (χ3v) is 5.35. The Hall–Kier alpha value is -1.88. The molecule has 0 radical (unpaired) electrons. The van der Waals surface area contributed by atoms with E-state index in [0.29, 0.717) is 24.9 Å². The minimum atomic E-state index is 0.153. The Bertz CT molecular complexity index is 715. The average molecular weight is 312 g/mol. The van der Waals surface area contributed by atoms with Gasteiger partial charge in [-0.05, 0) is 50.4 Å². The normalized spacial score (nSPS) is 26.6. The first-order chi connectivity index (χ1) is 11.2. The highest BCUT2D eigenvalue weighted by atomic mass is 16.1. The lowest BCUT2D eigenvalue weighted by molar-refractivity contribution is -0.123. The molecule has 0 spiro atoms. The number of hydrogen-bond acceptors (Lipinski definition) is 3. The van der Waals surface area contributed by atoms with Gasteiger partial charge in [0.25, 0.3) is 0 Å². The molecule has 3 aliphatic rings. The predicted octanol–water partition coefficient (Wildman–Crippen LogP) is 1.95. The zero-order valence-electron chi connectivity index (χ0n) is 13.7. The van der Waals surface area contributed by atoms with Gasteiger partial charge in [-0.2, -0.15) is 5.10 Å². The van der Waals surface area contributed by atoms with Crippen LogP contribution < -0.4 is 5.32 Å². The predicted molar refractivity (Wildman–Crippen MR) is 90.2 cm³/mol. The second kappa shape index (κ2) is 5.96. The van der Waals surface area contributed by atoms with Crippen LogP contribution in [0.2, 0.25) is 0 Å². The summed E-state index contributed by atoms with van der Waals surface area (Å²) in [4.78, 5) is 14.8. The molecule has 0 aliphatic carbocycles. The molecule has 4 heterocycles. The molecule has 1 N–H and O–H groups in total. The molecule has 1 unspecified atom stereocenters. The van der Waals surface area contributed by atoms with Gasteiger partial charge in [0, 0.05) is 24.4 Å². The molecule has 1 aromatic heterocycles. The number of benzene rings is 1. The van der Waals surface area contributed by atoms with E-state index in [1.807, 2.05) is 10.9 Å². The van der Waals surface area contributed by atoms with Crippen molar-refractivity contribution in [1.82, 2.24) is 20.0 Å². The number of piperidine rings is 3. The topological polar surface area (TPSA) is 50.2 Å². The lowest BCUT2D eigenvalue weighted by atomic mass is 9.84. The third kappa shape index (κ3) is 2.98. The summed E-state index contributed by atoms with van der Waals surface area (Å²) in [6.07, 6.45) is 4.83. The van der Waals surface area contributed by atoms with Gasteiger partial charge in [-0.1, -0.05) is 12.1 Å². The molecule has 3 fully saturated rings. The number of carbonyl (C=O) groups is 1. The molecule has 1 atom stereocenters. The molecule has 3 saturated heterocycles. The molecule has 5 rings (SSSR count). The van der Waals surface area contributed by atoms with E-state index < -0.39 is 0 Å². The number of nitrogens with zero attached hydrogens (tertiary/aromatic N) is 3. The molecule has 2 aromatic rings. The van der Waals surface area contributed by atoms with Crippen LogP contribution in [0.3, 0.4) is 0 Å². The van der Waals surface area contributed by atoms with Gasteiger partial charge < -0.3 is 10.2 Å². The molecule has 0 saturated carbocycles. The van der Waals surface area contributed by atoms with Gasteiger partial charge in [0.1, 0.15) is 0 Å². The second-order valence-corrected chi connectivity index (χ2v) is 6.99. The van der Waals surface area contributed by atoms with Crippen molar-refractivity contribution in [2.75, 3.05) is 19.6 Å². The standard InChI is InChI=1S/C18H24N4O/c1-13-2-3-15-11-19-22(17(15)10-13)9-6-18(23)20-16-12-21-7-4-14(16)5-8-21/h2-3,10-11,14,16H,4-9,12H2,1H3,(H,20,23). The first kappa shape index (κ1) is 14.7.